The summed E-state index contributed by atoms with van der Waals surface area (Å²) in [5, 5.41) is 3.22. The zero-order chi connectivity index (χ0) is 11.2. The Bertz CT molecular complexity index is 229. The van der Waals surface area contributed by atoms with Gasteiger partial charge in [0, 0.05) is 38.7 Å². The lowest BCUT2D eigenvalue weighted by atomic mass is 10.1. The number of ether oxygens (including phenoxy) is 2. The molecule has 2 rings (SSSR count). The number of amides is 1. The van der Waals surface area contributed by atoms with Crippen LogP contribution in [0, 0.1) is 5.92 Å². The molecule has 0 spiro atoms. The van der Waals surface area contributed by atoms with E-state index in [1.165, 1.54) is 0 Å². The van der Waals surface area contributed by atoms with Gasteiger partial charge in [-0.05, 0) is 6.42 Å². The molecule has 2 aliphatic heterocycles. The van der Waals surface area contributed by atoms with Crippen molar-refractivity contribution in [2.24, 2.45) is 5.92 Å². The molecule has 2 fully saturated rings. The summed E-state index contributed by atoms with van der Waals surface area (Å²) in [4.78, 5) is 13.6. The minimum atomic E-state index is 0. The SMILES string of the molecule is Cl.O=C(COCC1CCOC1)N1CCNCC1. The van der Waals surface area contributed by atoms with Crippen molar-refractivity contribution in [3.63, 3.8) is 0 Å². The van der Waals surface area contributed by atoms with E-state index in [1.54, 1.807) is 0 Å². The topological polar surface area (TPSA) is 50.8 Å². The highest BCUT2D eigenvalue weighted by Gasteiger charge is 2.18. The first-order valence-corrected chi connectivity index (χ1v) is 6.00. The monoisotopic (exact) mass is 264 g/mol. The molecule has 1 atom stereocenters. The Kier molecular flexibility index (Phi) is 6.80. The van der Waals surface area contributed by atoms with Crippen molar-refractivity contribution < 1.29 is 14.3 Å². The van der Waals surface area contributed by atoms with Gasteiger partial charge < -0.3 is 19.7 Å². The number of nitrogens with zero attached hydrogens (tertiary/aromatic N) is 1. The van der Waals surface area contributed by atoms with Gasteiger partial charge in [0.25, 0.3) is 0 Å². The van der Waals surface area contributed by atoms with Crippen LogP contribution in [0.3, 0.4) is 0 Å². The number of nitrogens with one attached hydrogen (secondary N) is 1. The maximum Gasteiger partial charge on any atom is 0.248 e. The molecule has 2 saturated heterocycles. The van der Waals surface area contributed by atoms with Crippen LogP contribution in [0.15, 0.2) is 0 Å². The Morgan fingerprint density at radius 3 is 2.82 bits per heavy atom. The average molecular weight is 265 g/mol. The smallest absolute Gasteiger partial charge is 0.248 e. The minimum absolute atomic E-state index is 0. The molecule has 0 aromatic carbocycles. The molecular weight excluding hydrogens is 244 g/mol. The van der Waals surface area contributed by atoms with Gasteiger partial charge in [0.2, 0.25) is 5.91 Å². The van der Waals surface area contributed by atoms with E-state index in [1.807, 2.05) is 4.90 Å². The molecule has 17 heavy (non-hydrogen) atoms. The fraction of sp³-hybridized carbons (Fsp3) is 0.909. The molecule has 1 amide bonds. The van der Waals surface area contributed by atoms with Crippen LogP contribution in [-0.2, 0) is 14.3 Å². The van der Waals surface area contributed by atoms with Crippen molar-refractivity contribution in [1.29, 1.82) is 0 Å². The van der Waals surface area contributed by atoms with Crippen LogP contribution in [0.1, 0.15) is 6.42 Å². The van der Waals surface area contributed by atoms with Crippen LogP contribution in [0.4, 0.5) is 0 Å². The Balaban J connectivity index is 0.00000144. The molecule has 0 aliphatic carbocycles. The molecule has 1 unspecified atom stereocenters. The number of halogens is 1. The molecule has 1 N–H and O–H groups in total. The molecule has 0 saturated carbocycles. The van der Waals surface area contributed by atoms with E-state index >= 15 is 0 Å². The third kappa shape index (κ3) is 4.79. The lowest BCUT2D eigenvalue weighted by molar-refractivity contribution is -0.137. The summed E-state index contributed by atoms with van der Waals surface area (Å²) in [6, 6.07) is 0. The van der Waals surface area contributed by atoms with E-state index in [0.29, 0.717) is 12.5 Å². The Labute approximate surface area is 108 Å². The van der Waals surface area contributed by atoms with E-state index in [2.05, 4.69) is 5.32 Å². The zero-order valence-electron chi connectivity index (χ0n) is 10.0. The summed E-state index contributed by atoms with van der Waals surface area (Å²) >= 11 is 0. The summed E-state index contributed by atoms with van der Waals surface area (Å²) < 4.78 is 10.7. The van der Waals surface area contributed by atoms with Crippen molar-refractivity contribution >= 4 is 18.3 Å². The number of hydrogen-bond donors (Lipinski definition) is 1. The normalized spacial score (nSPS) is 24.5. The quantitative estimate of drug-likeness (QED) is 0.770. The average Bonchev–Trinajstić information content (AvgIpc) is 2.83. The Morgan fingerprint density at radius 1 is 1.41 bits per heavy atom. The predicted molar refractivity (Wildman–Crippen MR) is 66.4 cm³/mol. The fourth-order valence-electron chi connectivity index (χ4n) is 2.03. The van der Waals surface area contributed by atoms with E-state index in [-0.39, 0.29) is 24.9 Å². The first kappa shape index (κ1) is 14.7. The van der Waals surface area contributed by atoms with Crippen molar-refractivity contribution in [3.05, 3.63) is 0 Å². The minimum Gasteiger partial charge on any atom is -0.381 e. The molecule has 2 heterocycles. The van der Waals surface area contributed by atoms with Crippen LogP contribution in [-0.4, -0.2) is 63.4 Å². The van der Waals surface area contributed by atoms with Crippen molar-refractivity contribution in [1.82, 2.24) is 10.2 Å². The molecule has 0 aromatic rings. The van der Waals surface area contributed by atoms with Gasteiger partial charge in [-0.3, -0.25) is 4.79 Å². The summed E-state index contributed by atoms with van der Waals surface area (Å²) in [6.45, 7) is 5.86. The molecule has 0 aromatic heterocycles. The predicted octanol–water partition coefficient (Wildman–Crippen LogP) is -0.107. The van der Waals surface area contributed by atoms with Gasteiger partial charge in [-0.2, -0.15) is 0 Å². The van der Waals surface area contributed by atoms with Crippen LogP contribution >= 0.6 is 12.4 Å². The van der Waals surface area contributed by atoms with Gasteiger partial charge in [0.1, 0.15) is 6.61 Å². The van der Waals surface area contributed by atoms with Crippen LogP contribution in [0.25, 0.3) is 0 Å². The first-order valence-electron chi connectivity index (χ1n) is 6.00. The summed E-state index contributed by atoms with van der Waals surface area (Å²) in [7, 11) is 0. The fourth-order valence-corrected chi connectivity index (χ4v) is 2.03. The molecule has 6 heteroatoms. The zero-order valence-corrected chi connectivity index (χ0v) is 10.8. The summed E-state index contributed by atoms with van der Waals surface area (Å²) in [6.07, 6.45) is 1.06. The summed E-state index contributed by atoms with van der Waals surface area (Å²) in [5.74, 6) is 0.594. The first-order chi connectivity index (χ1) is 7.86. The van der Waals surface area contributed by atoms with Gasteiger partial charge in [0.15, 0.2) is 0 Å². The second-order valence-electron chi connectivity index (χ2n) is 4.38. The molecule has 100 valence electrons. The number of rotatable bonds is 4. The maximum absolute atomic E-state index is 11.7. The second kappa shape index (κ2) is 7.87. The number of carbonyl (C=O) groups is 1. The van der Waals surface area contributed by atoms with Crippen molar-refractivity contribution in [2.45, 2.75) is 6.42 Å². The van der Waals surface area contributed by atoms with Crippen LogP contribution in [0.2, 0.25) is 0 Å². The van der Waals surface area contributed by atoms with Gasteiger partial charge in [-0.1, -0.05) is 0 Å². The van der Waals surface area contributed by atoms with Crippen molar-refractivity contribution in [3.8, 4) is 0 Å². The van der Waals surface area contributed by atoms with Gasteiger partial charge in [-0.15, -0.1) is 12.4 Å². The van der Waals surface area contributed by atoms with E-state index < -0.39 is 0 Å². The van der Waals surface area contributed by atoms with Crippen LogP contribution in [0.5, 0.6) is 0 Å². The van der Waals surface area contributed by atoms with E-state index in [9.17, 15) is 4.79 Å². The highest BCUT2D eigenvalue weighted by molar-refractivity contribution is 5.85. The van der Waals surface area contributed by atoms with Crippen molar-refractivity contribution in [2.75, 3.05) is 52.6 Å². The maximum atomic E-state index is 11.7. The largest absolute Gasteiger partial charge is 0.381 e. The molecule has 0 bridgehead atoms. The van der Waals surface area contributed by atoms with Crippen LogP contribution < -0.4 is 5.32 Å². The highest BCUT2D eigenvalue weighted by Crippen LogP contribution is 2.12. The van der Waals surface area contributed by atoms with Gasteiger partial charge in [0.05, 0.1) is 13.2 Å². The molecule has 2 aliphatic rings. The number of carbonyl (C=O) groups excluding carboxylic acids is 1. The second-order valence-corrected chi connectivity index (χ2v) is 4.38. The Morgan fingerprint density at radius 2 is 2.18 bits per heavy atom. The third-order valence-electron chi connectivity index (χ3n) is 3.07. The molecular formula is C11H21ClN2O3. The highest BCUT2D eigenvalue weighted by atomic mass is 35.5. The summed E-state index contributed by atoms with van der Waals surface area (Å²) in [5.41, 5.74) is 0. The lowest BCUT2D eigenvalue weighted by Gasteiger charge is -2.27. The number of piperazine rings is 1. The molecule has 5 nitrogen and oxygen atoms in total. The standard InChI is InChI=1S/C11H20N2O3.ClH/c14-11(13-4-2-12-3-5-13)9-16-8-10-1-6-15-7-10;/h10,12H,1-9H2;1H. The molecule has 0 radical (unpaired) electrons. The van der Waals surface area contributed by atoms with Gasteiger partial charge >= 0.3 is 0 Å². The number of hydrogen-bond acceptors (Lipinski definition) is 4. The van der Waals surface area contributed by atoms with E-state index in [0.717, 1.165) is 45.8 Å². The lowest BCUT2D eigenvalue weighted by Crippen LogP contribution is -2.47. The third-order valence-corrected chi connectivity index (χ3v) is 3.07. The van der Waals surface area contributed by atoms with Gasteiger partial charge in [-0.25, -0.2) is 0 Å². The Hall–Kier alpha value is -0.360. The van der Waals surface area contributed by atoms with E-state index in [4.69, 9.17) is 9.47 Å².